The molecule has 1 fully saturated rings. The summed E-state index contributed by atoms with van der Waals surface area (Å²) in [6, 6.07) is 12.2. The van der Waals surface area contributed by atoms with Crippen LogP contribution in [0.1, 0.15) is 22.0 Å². The molecule has 0 radical (unpaired) electrons. The number of benzene rings is 1. The molecule has 2 aromatic rings. The molecule has 5 heteroatoms. The second-order valence-electron chi connectivity index (χ2n) is 6.08. The lowest BCUT2D eigenvalue weighted by molar-refractivity contribution is -0.149. The highest BCUT2D eigenvalue weighted by Crippen LogP contribution is 2.33. The zero-order chi connectivity index (χ0) is 15.8. The van der Waals surface area contributed by atoms with Crippen molar-refractivity contribution in [3.63, 3.8) is 0 Å². The van der Waals surface area contributed by atoms with Crippen molar-refractivity contribution in [3.05, 3.63) is 57.8 Å². The highest BCUT2D eigenvalue weighted by Gasteiger charge is 2.38. The van der Waals surface area contributed by atoms with Crippen LogP contribution in [0.25, 0.3) is 0 Å². The largest absolute Gasteiger partial charge is 0.332 e. The fourth-order valence-corrected chi connectivity index (χ4v) is 4.23. The molecular formula is C18H18N2O2S. The normalized spacial score (nSPS) is 20.2. The summed E-state index contributed by atoms with van der Waals surface area (Å²) in [5.41, 5.74) is 2.50. The van der Waals surface area contributed by atoms with Gasteiger partial charge in [-0.2, -0.15) is 0 Å². The van der Waals surface area contributed by atoms with Crippen molar-refractivity contribution in [3.8, 4) is 0 Å². The van der Waals surface area contributed by atoms with Crippen molar-refractivity contribution in [2.24, 2.45) is 0 Å². The van der Waals surface area contributed by atoms with E-state index in [0.29, 0.717) is 13.0 Å². The highest BCUT2D eigenvalue weighted by atomic mass is 32.1. The number of carbonyl (C=O) groups excluding carboxylic acids is 2. The minimum absolute atomic E-state index is 0.00786. The number of rotatable bonds is 2. The van der Waals surface area contributed by atoms with Crippen molar-refractivity contribution in [1.29, 1.82) is 0 Å². The van der Waals surface area contributed by atoms with Gasteiger partial charge in [0.25, 0.3) is 0 Å². The summed E-state index contributed by atoms with van der Waals surface area (Å²) in [4.78, 5) is 29.8. The molecule has 0 aliphatic carbocycles. The predicted octanol–water partition coefficient (Wildman–Crippen LogP) is 2.26. The number of piperazine rings is 1. The Hall–Kier alpha value is -2.14. The molecule has 0 saturated carbocycles. The molecule has 4 rings (SSSR count). The third-order valence-electron chi connectivity index (χ3n) is 4.71. The average Bonchev–Trinajstić information content (AvgIpc) is 3.07. The third-order valence-corrected chi connectivity index (χ3v) is 5.59. The lowest BCUT2D eigenvalue weighted by atomic mass is 9.90. The summed E-state index contributed by atoms with van der Waals surface area (Å²) in [5.74, 6) is 0.110. The Morgan fingerprint density at radius 2 is 2.09 bits per heavy atom. The smallest absolute Gasteiger partial charge is 0.242 e. The maximum Gasteiger partial charge on any atom is 0.242 e. The Bertz CT molecular complexity index is 741. The third kappa shape index (κ3) is 2.65. The van der Waals surface area contributed by atoms with E-state index in [1.165, 1.54) is 11.1 Å². The van der Waals surface area contributed by atoms with Crippen LogP contribution in [0.5, 0.6) is 0 Å². The molecule has 1 aromatic carbocycles. The van der Waals surface area contributed by atoms with Crippen molar-refractivity contribution in [2.45, 2.75) is 18.9 Å². The van der Waals surface area contributed by atoms with E-state index >= 15 is 0 Å². The topological polar surface area (TPSA) is 40.6 Å². The fraction of sp³-hybridized carbons (Fsp3) is 0.333. The van der Waals surface area contributed by atoms with Crippen LogP contribution in [0, 0.1) is 0 Å². The van der Waals surface area contributed by atoms with Crippen LogP contribution in [0.15, 0.2) is 41.8 Å². The molecule has 0 N–H and O–H groups in total. The van der Waals surface area contributed by atoms with Crippen LogP contribution in [0.3, 0.4) is 0 Å². The number of carbonyl (C=O) groups is 2. The molecule has 118 valence electrons. The number of amides is 2. The SMILES string of the molecule is O=C(Cc1cccs1)N1CC(=O)N2CCc3ccccc3[C@H]2C1. The Morgan fingerprint density at radius 1 is 1.22 bits per heavy atom. The molecule has 3 heterocycles. The van der Waals surface area contributed by atoms with E-state index in [0.717, 1.165) is 17.8 Å². The van der Waals surface area contributed by atoms with Crippen LogP contribution in [-0.2, 0) is 22.4 Å². The quantitative estimate of drug-likeness (QED) is 0.849. The number of hydrogen-bond donors (Lipinski definition) is 0. The van der Waals surface area contributed by atoms with Gasteiger partial charge in [0.1, 0.15) is 0 Å². The van der Waals surface area contributed by atoms with Crippen LogP contribution in [0.2, 0.25) is 0 Å². The summed E-state index contributed by atoms with van der Waals surface area (Å²) in [6.45, 7) is 1.57. The first-order valence-electron chi connectivity index (χ1n) is 7.90. The zero-order valence-corrected chi connectivity index (χ0v) is 13.6. The van der Waals surface area contributed by atoms with Gasteiger partial charge in [-0.1, -0.05) is 30.3 Å². The van der Waals surface area contributed by atoms with E-state index in [9.17, 15) is 9.59 Å². The lowest BCUT2D eigenvalue weighted by Gasteiger charge is -2.44. The number of thiophene rings is 1. The second-order valence-corrected chi connectivity index (χ2v) is 7.11. The molecule has 2 amide bonds. The Balaban J connectivity index is 1.57. The molecule has 0 bridgehead atoms. The standard InChI is InChI=1S/C18H18N2O2S/c21-17(10-14-5-3-9-23-14)19-11-16-15-6-2-1-4-13(15)7-8-20(16)18(22)12-19/h1-6,9,16H,7-8,10-12H2/t16-/m1/s1. The summed E-state index contributed by atoms with van der Waals surface area (Å²) in [6.07, 6.45) is 1.29. The van der Waals surface area contributed by atoms with E-state index < -0.39 is 0 Å². The van der Waals surface area contributed by atoms with Crippen molar-refractivity contribution < 1.29 is 9.59 Å². The molecule has 4 nitrogen and oxygen atoms in total. The average molecular weight is 326 g/mol. The summed E-state index contributed by atoms with van der Waals surface area (Å²) >= 11 is 1.58. The van der Waals surface area contributed by atoms with E-state index in [1.807, 2.05) is 34.5 Å². The molecule has 1 saturated heterocycles. The van der Waals surface area contributed by atoms with Gasteiger partial charge in [0.2, 0.25) is 11.8 Å². The van der Waals surface area contributed by atoms with E-state index in [2.05, 4.69) is 12.1 Å². The van der Waals surface area contributed by atoms with Crippen molar-refractivity contribution in [2.75, 3.05) is 19.6 Å². The van der Waals surface area contributed by atoms with Gasteiger partial charge in [-0.3, -0.25) is 9.59 Å². The number of hydrogen-bond acceptors (Lipinski definition) is 3. The van der Waals surface area contributed by atoms with Crippen LogP contribution < -0.4 is 0 Å². The maximum atomic E-state index is 12.6. The number of nitrogens with zero attached hydrogens (tertiary/aromatic N) is 2. The van der Waals surface area contributed by atoms with E-state index in [4.69, 9.17) is 0 Å². The Kier molecular flexibility index (Phi) is 3.65. The molecule has 23 heavy (non-hydrogen) atoms. The molecule has 2 aliphatic rings. The van der Waals surface area contributed by atoms with Crippen molar-refractivity contribution >= 4 is 23.2 Å². The van der Waals surface area contributed by atoms with Gasteiger partial charge in [-0.05, 0) is 29.0 Å². The summed E-state index contributed by atoms with van der Waals surface area (Å²) in [7, 11) is 0. The van der Waals surface area contributed by atoms with Gasteiger partial charge in [-0.25, -0.2) is 0 Å². The first-order valence-corrected chi connectivity index (χ1v) is 8.78. The van der Waals surface area contributed by atoms with Crippen molar-refractivity contribution in [1.82, 2.24) is 9.80 Å². The lowest BCUT2D eigenvalue weighted by Crippen LogP contribution is -2.55. The van der Waals surface area contributed by atoms with Gasteiger partial charge in [0.05, 0.1) is 19.0 Å². The minimum Gasteiger partial charge on any atom is -0.332 e. The first kappa shape index (κ1) is 14.5. The second kappa shape index (κ2) is 5.81. The molecule has 2 aliphatic heterocycles. The van der Waals surface area contributed by atoms with Gasteiger partial charge in [0.15, 0.2) is 0 Å². The van der Waals surface area contributed by atoms with Crippen LogP contribution in [-0.4, -0.2) is 41.2 Å². The maximum absolute atomic E-state index is 12.6. The van der Waals surface area contributed by atoms with Gasteiger partial charge in [-0.15, -0.1) is 11.3 Å². The van der Waals surface area contributed by atoms with E-state index in [1.54, 1.807) is 16.2 Å². The fourth-order valence-electron chi connectivity index (χ4n) is 3.54. The molecule has 0 spiro atoms. The van der Waals surface area contributed by atoms with Gasteiger partial charge < -0.3 is 9.80 Å². The minimum atomic E-state index is 0.00786. The molecular weight excluding hydrogens is 308 g/mol. The highest BCUT2D eigenvalue weighted by molar-refractivity contribution is 7.10. The Labute approximate surface area is 139 Å². The monoisotopic (exact) mass is 326 g/mol. The van der Waals surface area contributed by atoms with Gasteiger partial charge >= 0.3 is 0 Å². The zero-order valence-electron chi connectivity index (χ0n) is 12.8. The summed E-state index contributed by atoms with van der Waals surface area (Å²) < 4.78 is 0. The van der Waals surface area contributed by atoms with Crippen LogP contribution in [0.4, 0.5) is 0 Å². The number of fused-ring (bicyclic) bond motifs is 3. The Morgan fingerprint density at radius 3 is 2.91 bits per heavy atom. The summed E-state index contributed by atoms with van der Waals surface area (Å²) in [5, 5.41) is 1.98. The predicted molar refractivity (Wildman–Crippen MR) is 89.2 cm³/mol. The molecule has 1 atom stereocenters. The first-order chi connectivity index (χ1) is 11.2. The van der Waals surface area contributed by atoms with Gasteiger partial charge in [0, 0.05) is 18.0 Å². The molecule has 1 aromatic heterocycles. The molecule has 0 unspecified atom stereocenters. The van der Waals surface area contributed by atoms with E-state index in [-0.39, 0.29) is 24.4 Å². The van der Waals surface area contributed by atoms with Crippen LogP contribution >= 0.6 is 11.3 Å².